The van der Waals surface area contributed by atoms with E-state index < -0.39 is 5.97 Å². The van der Waals surface area contributed by atoms with Gasteiger partial charge in [0.15, 0.2) is 0 Å². The molecule has 1 N–H and O–H groups in total. The summed E-state index contributed by atoms with van der Waals surface area (Å²) in [5.41, 5.74) is 2.70. The van der Waals surface area contributed by atoms with Crippen LogP contribution in [0.2, 0.25) is 0 Å². The molecule has 16 heavy (non-hydrogen) atoms. The van der Waals surface area contributed by atoms with Crippen molar-refractivity contribution in [1.29, 1.82) is 0 Å². The van der Waals surface area contributed by atoms with E-state index in [1.165, 1.54) is 0 Å². The van der Waals surface area contributed by atoms with Crippen molar-refractivity contribution in [3.8, 4) is 0 Å². The topological polar surface area (TPSA) is 50.2 Å². The minimum atomic E-state index is -0.929. The molecule has 2 aromatic rings. The Labute approximate surface area is 101 Å². The second-order valence-corrected chi connectivity index (χ2v) is 4.50. The first-order chi connectivity index (χ1) is 7.50. The molecule has 0 atom stereocenters. The van der Waals surface area contributed by atoms with Gasteiger partial charge in [-0.1, -0.05) is 6.07 Å². The minimum Gasteiger partial charge on any atom is -0.478 e. The van der Waals surface area contributed by atoms with Crippen LogP contribution < -0.4 is 0 Å². The van der Waals surface area contributed by atoms with Gasteiger partial charge < -0.3 is 5.11 Å². The Morgan fingerprint density at radius 2 is 2.06 bits per heavy atom. The van der Waals surface area contributed by atoms with Crippen molar-refractivity contribution in [3.63, 3.8) is 0 Å². The molecule has 0 spiro atoms. The van der Waals surface area contributed by atoms with E-state index in [1.54, 1.807) is 13.0 Å². The molecule has 2 rings (SSSR count). The quantitative estimate of drug-likeness (QED) is 0.871. The summed E-state index contributed by atoms with van der Waals surface area (Å²) in [5, 5.41) is 9.84. The summed E-state index contributed by atoms with van der Waals surface area (Å²) in [6.07, 6.45) is 0. The van der Waals surface area contributed by atoms with Gasteiger partial charge in [-0.05, 0) is 47.5 Å². The zero-order chi connectivity index (χ0) is 11.9. The molecule has 82 valence electrons. The first kappa shape index (κ1) is 11.1. The van der Waals surface area contributed by atoms with Crippen LogP contribution in [0.25, 0.3) is 10.9 Å². The second-order valence-electron chi connectivity index (χ2n) is 3.71. The van der Waals surface area contributed by atoms with E-state index in [-0.39, 0.29) is 5.56 Å². The van der Waals surface area contributed by atoms with Crippen LogP contribution >= 0.6 is 15.9 Å². The molecule has 0 aliphatic heterocycles. The van der Waals surface area contributed by atoms with E-state index in [0.717, 1.165) is 10.0 Å². The lowest BCUT2D eigenvalue weighted by molar-refractivity contribution is 0.0699. The molecular weight excluding hydrogens is 270 g/mol. The van der Waals surface area contributed by atoms with Crippen molar-refractivity contribution >= 4 is 32.8 Å². The summed E-state index contributed by atoms with van der Waals surface area (Å²) < 4.78 is 0.801. The normalized spacial score (nSPS) is 10.7. The Balaban J connectivity index is 2.97. The van der Waals surface area contributed by atoms with E-state index in [0.29, 0.717) is 16.6 Å². The summed E-state index contributed by atoms with van der Waals surface area (Å²) in [4.78, 5) is 15.5. The number of carbonyl (C=O) groups is 1. The monoisotopic (exact) mass is 279 g/mol. The molecule has 0 bridgehead atoms. The minimum absolute atomic E-state index is 0.290. The van der Waals surface area contributed by atoms with Crippen molar-refractivity contribution in [1.82, 2.24) is 4.98 Å². The fraction of sp³-hybridized carbons (Fsp3) is 0.167. The van der Waals surface area contributed by atoms with Gasteiger partial charge in [0.05, 0.1) is 11.1 Å². The number of benzene rings is 1. The van der Waals surface area contributed by atoms with Gasteiger partial charge >= 0.3 is 5.97 Å². The maximum Gasteiger partial charge on any atom is 0.336 e. The Hall–Kier alpha value is -1.42. The molecule has 0 aliphatic rings. The van der Waals surface area contributed by atoms with E-state index in [9.17, 15) is 9.90 Å². The molecule has 1 aromatic carbocycles. The molecule has 0 fully saturated rings. The van der Waals surface area contributed by atoms with Crippen molar-refractivity contribution < 1.29 is 9.90 Å². The van der Waals surface area contributed by atoms with Gasteiger partial charge in [-0.3, -0.25) is 4.98 Å². The average Bonchev–Trinajstić information content (AvgIpc) is 2.22. The van der Waals surface area contributed by atoms with E-state index in [1.807, 2.05) is 19.1 Å². The van der Waals surface area contributed by atoms with Crippen LogP contribution in [0.1, 0.15) is 21.6 Å². The van der Waals surface area contributed by atoms with Gasteiger partial charge in [0, 0.05) is 15.6 Å². The van der Waals surface area contributed by atoms with Crippen LogP contribution in [0.15, 0.2) is 22.7 Å². The van der Waals surface area contributed by atoms with Gasteiger partial charge in [0.1, 0.15) is 0 Å². The molecule has 1 aromatic heterocycles. The molecule has 1 heterocycles. The molecule has 3 nitrogen and oxygen atoms in total. The molecule has 0 radical (unpaired) electrons. The molecule has 0 amide bonds. The molecule has 0 saturated carbocycles. The summed E-state index contributed by atoms with van der Waals surface area (Å²) >= 11 is 3.42. The third-order valence-corrected chi connectivity index (χ3v) is 3.48. The molecular formula is C12H10BrNO2. The standard InChI is InChI=1S/C12H10BrNO2/c1-6-3-4-9-10(11(6)13)8(12(15)16)5-7(2)14-9/h3-5H,1-2H3,(H,15,16). The SMILES string of the molecule is Cc1cc(C(=O)O)c2c(Br)c(C)ccc2n1. The lowest BCUT2D eigenvalue weighted by Gasteiger charge is -2.08. The maximum atomic E-state index is 11.2. The maximum absolute atomic E-state index is 11.2. The first-order valence-electron chi connectivity index (χ1n) is 4.80. The number of hydrogen-bond acceptors (Lipinski definition) is 2. The van der Waals surface area contributed by atoms with Gasteiger partial charge in [-0.25, -0.2) is 4.79 Å². The van der Waals surface area contributed by atoms with Crippen molar-refractivity contribution in [3.05, 3.63) is 39.5 Å². The summed E-state index contributed by atoms with van der Waals surface area (Å²) in [6.45, 7) is 3.72. The van der Waals surface area contributed by atoms with E-state index in [2.05, 4.69) is 20.9 Å². The predicted octanol–water partition coefficient (Wildman–Crippen LogP) is 3.31. The Morgan fingerprint density at radius 1 is 1.38 bits per heavy atom. The van der Waals surface area contributed by atoms with Gasteiger partial charge in [-0.2, -0.15) is 0 Å². The predicted molar refractivity (Wildman–Crippen MR) is 65.9 cm³/mol. The van der Waals surface area contributed by atoms with E-state index in [4.69, 9.17) is 0 Å². The summed E-state index contributed by atoms with van der Waals surface area (Å²) in [5.74, 6) is -0.929. The number of aromatic nitrogens is 1. The molecule has 0 unspecified atom stereocenters. The van der Waals surface area contributed by atoms with Crippen LogP contribution in [0.5, 0.6) is 0 Å². The lowest BCUT2D eigenvalue weighted by Crippen LogP contribution is -2.01. The third-order valence-electron chi connectivity index (χ3n) is 2.46. The Morgan fingerprint density at radius 3 is 2.69 bits per heavy atom. The van der Waals surface area contributed by atoms with Crippen molar-refractivity contribution in [2.45, 2.75) is 13.8 Å². The zero-order valence-corrected chi connectivity index (χ0v) is 10.5. The fourth-order valence-corrected chi connectivity index (χ4v) is 2.24. The summed E-state index contributed by atoms with van der Waals surface area (Å²) in [6, 6.07) is 5.36. The number of rotatable bonds is 1. The smallest absolute Gasteiger partial charge is 0.336 e. The summed E-state index contributed by atoms with van der Waals surface area (Å²) in [7, 11) is 0. The number of fused-ring (bicyclic) bond motifs is 1. The number of aromatic carboxylic acids is 1. The lowest BCUT2D eigenvalue weighted by atomic mass is 10.1. The van der Waals surface area contributed by atoms with Crippen LogP contribution in [-0.2, 0) is 0 Å². The third kappa shape index (κ3) is 1.69. The van der Waals surface area contributed by atoms with Gasteiger partial charge in [0.2, 0.25) is 0 Å². The van der Waals surface area contributed by atoms with Crippen molar-refractivity contribution in [2.75, 3.05) is 0 Å². The van der Waals surface area contributed by atoms with E-state index >= 15 is 0 Å². The number of carboxylic acid groups (broad SMARTS) is 1. The molecule has 0 aliphatic carbocycles. The highest BCUT2D eigenvalue weighted by Crippen LogP contribution is 2.29. The highest BCUT2D eigenvalue weighted by Gasteiger charge is 2.14. The van der Waals surface area contributed by atoms with Crippen LogP contribution in [-0.4, -0.2) is 16.1 Å². The highest BCUT2D eigenvalue weighted by molar-refractivity contribution is 9.10. The molecule has 4 heteroatoms. The van der Waals surface area contributed by atoms with Crippen LogP contribution in [0, 0.1) is 13.8 Å². The van der Waals surface area contributed by atoms with Crippen LogP contribution in [0.4, 0.5) is 0 Å². The molecule has 0 saturated heterocycles. The highest BCUT2D eigenvalue weighted by atomic mass is 79.9. The Bertz CT molecular complexity index is 593. The number of pyridine rings is 1. The zero-order valence-electron chi connectivity index (χ0n) is 8.91. The average molecular weight is 280 g/mol. The van der Waals surface area contributed by atoms with Crippen molar-refractivity contribution in [2.24, 2.45) is 0 Å². The van der Waals surface area contributed by atoms with Crippen LogP contribution in [0.3, 0.4) is 0 Å². The Kier molecular flexibility index (Phi) is 2.68. The first-order valence-corrected chi connectivity index (χ1v) is 5.59. The van der Waals surface area contributed by atoms with Gasteiger partial charge in [-0.15, -0.1) is 0 Å². The largest absolute Gasteiger partial charge is 0.478 e. The second kappa shape index (κ2) is 3.87. The number of halogens is 1. The number of carboxylic acids is 1. The fourth-order valence-electron chi connectivity index (χ4n) is 1.69. The van der Waals surface area contributed by atoms with Gasteiger partial charge in [0.25, 0.3) is 0 Å². The number of hydrogen-bond donors (Lipinski definition) is 1. The number of aryl methyl sites for hydroxylation is 2. The number of nitrogens with zero attached hydrogens (tertiary/aromatic N) is 1.